The van der Waals surface area contributed by atoms with E-state index in [4.69, 9.17) is 4.74 Å². The van der Waals surface area contributed by atoms with Crippen molar-refractivity contribution in [1.29, 1.82) is 0 Å². The molecule has 3 heteroatoms. The minimum atomic E-state index is 0.448. The third-order valence-corrected chi connectivity index (χ3v) is 4.16. The molecular formula is C17H22N2O. The topological polar surface area (TPSA) is 26.2 Å². The van der Waals surface area contributed by atoms with Gasteiger partial charge in [-0.25, -0.2) is 0 Å². The van der Waals surface area contributed by atoms with E-state index in [-0.39, 0.29) is 0 Å². The molecule has 2 aromatic rings. The van der Waals surface area contributed by atoms with Gasteiger partial charge >= 0.3 is 0 Å². The zero-order valence-corrected chi connectivity index (χ0v) is 12.2. The van der Waals surface area contributed by atoms with Gasteiger partial charge in [-0.15, -0.1) is 0 Å². The summed E-state index contributed by atoms with van der Waals surface area (Å²) in [5.41, 5.74) is 2.70. The summed E-state index contributed by atoms with van der Waals surface area (Å²) in [5.74, 6) is 1.51. The van der Waals surface area contributed by atoms with Crippen LogP contribution in [0.25, 0.3) is 0 Å². The van der Waals surface area contributed by atoms with Crippen molar-refractivity contribution in [3.05, 3.63) is 53.9 Å². The van der Waals surface area contributed by atoms with Crippen molar-refractivity contribution in [2.24, 2.45) is 0 Å². The van der Waals surface area contributed by atoms with E-state index in [1.165, 1.54) is 11.1 Å². The third-order valence-electron chi connectivity index (χ3n) is 4.16. The van der Waals surface area contributed by atoms with Crippen LogP contribution < -0.4 is 10.1 Å². The van der Waals surface area contributed by atoms with Crippen molar-refractivity contribution in [2.45, 2.75) is 31.8 Å². The van der Waals surface area contributed by atoms with E-state index < -0.39 is 0 Å². The summed E-state index contributed by atoms with van der Waals surface area (Å²) >= 11 is 0. The Labute approximate surface area is 120 Å². The van der Waals surface area contributed by atoms with Gasteiger partial charge in [0.15, 0.2) is 0 Å². The second-order valence-corrected chi connectivity index (χ2v) is 5.44. The summed E-state index contributed by atoms with van der Waals surface area (Å²) in [6.07, 6.45) is 5.54. The maximum Gasteiger partial charge on any atom is 0.122 e. The van der Waals surface area contributed by atoms with Gasteiger partial charge in [-0.3, -0.25) is 0 Å². The lowest BCUT2D eigenvalue weighted by atomic mass is 10.0. The molecule has 1 N–H and O–H groups in total. The molecular weight excluding hydrogens is 248 g/mol. The van der Waals surface area contributed by atoms with Crippen molar-refractivity contribution < 1.29 is 4.74 Å². The first-order chi connectivity index (χ1) is 9.81. The Balaban J connectivity index is 1.73. The Kier molecular flexibility index (Phi) is 3.79. The van der Waals surface area contributed by atoms with Gasteiger partial charge in [0.05, 0.1) is 6.61 Å². The van der Waals surface area contributed by atoms with Crippen LogP contribution >= 0.6 is 0 Å². The first-order valence-corrected chi connectivity index (χ1v) is 7.36. The zero-order chi connectivity index (χ0) is 13.9. The molecule has 2 unspecified atom stereocenters. The van der Waals surface area contributed by atoms with Crippen LogP contribution in [0.15, 0.2) is 42.7 Å². The number of hydrogen-bond donors (Lipinski definition) is 1. The monoisotopic (exact) mass is 270 g/mol. The highest BCUT2D eigenvalue weighted by atomic mass is 16.5. The van der Waals surface area contributed by atoms with Crippen molar-refractivity contribution in [1.82, 2.24) is 9.88 Å². The highest BCUT2D eigenvalue weighted by Crippen LogP contribution is 2.34. The molecule has 2 atom stereocenters. The Morgan fingerprint density at radius 2 is 2.20 bits per heavy atom. The summed E-state index contributed by atoms with van der Waals surface area (Å²) in [4.78, 5) is 0. The van der Waals surface area contributed by atoms with Crippen molar-refractivity contribution in [3.8, 4) is 5.75 Å². The lowest BCUT2D eigenvalue weighted by Crippen LogP contribution is -2.14. The molecule has 3 nitrogen and oxygen atoms in total. The average molecular weight is 270 g/mol. The van der Waals surface area contributed by atoms with Gasteiger partial charge in [-0.1, -0.05) is 25.1 Å². The van der Waals surface area contributed by atoms with Crippen molar-refractivity contribution in [2.75, 3.05) is 13.7 Å². The van der Waals surface area contributed by atoms with Gasteiger partial charge < -0.3 is 14.6 Å². The second kappa shape index (κ2) is 5.71. The lowest BCUT2D eigenvalue weighted by Gasteiger charge is -2.12. The maximum atomic E-state index is 5.75. The molecule has 0 saturated carbocycles. The fourth-order valence-electron chi connectivity index (χ4n) is 3.02. The quantitative estimate of drug-likeness (QED) is 0.902. The number of nitrogens with one attached hydrogen (secondary N) is 1. The van der Waals surface area contributed by atoms with Gasteiger partial charge in [0.1, 0.15) is 5.75 Å². The molecule has 1 aliphatic heterocycles. The molecule has 106 valence electrons. The van der Waals surface area contributed by atoms with Crippen molar-refractivity contribution >= 4 is 0 Å². The van der Waals surface area contributed by atoms with Crippen LogP contribution in [0.1, 0.15) is 36.4 Å². The van der Waals surface area contributed by atoms with Crippen LogP contribution in [0.3, 0.4) is 0 Å². The Hall–Kier alpha value is -1.74. The molecule has 0 bridgehead atoms. The standard InChI is InChI=1S/C17H22N2O/c1-3-16(18-2)13-8-9-19(10-13)11-14-12-20-17-7-5-4-6-15(14)17/h4-10,14,16,18H,3,11-12H2,1-2H3. The molecule has 20 heavy (non-hydrogen) atoms. The van der Waals surface area contributed by atoms with Crippen LogP contribution in [0.5, 0.6) is 5.75 Å². The normalized spacial score (nSPS) is 18.6. The van der Waals surface area contributed by atoms with Gasteiger partial charge in [-0.2, -0.15) is 0 Å². The van der Waals surface area contributed by atoms with Crippen LogP contribution in [0.2, 0.25) is 0 Å². The summed E-state index contributed by atoms with van der Waals surface area (Å²) < 4.78 is 8.04. The van der Waals surface area contributed by atoms with Crippen LogP contribution in [-0.4, -0.2) is 18.2 Å². The predicted octanol–water partition coefficient (Wildman–Crippen LogP) is 3.33. The maximum absolute atomic E-state index is 5.75. The Bertz CT molecular complexity index is 572. The molecule has 1 aliphatic rings. The number of benzene rings is 1. The summed E-state index contributed by atoms with van der Waals surface area (Å²) in [6.45, 7) is 3.98. The van der Waals surface area contributed by atoms with Crippen LogP contribution in [0.4, 0.5) is 0 Å². The van der Waals surface area contributed by atoms with Gasteiger partial charge in [0, 0.05) is 36.5 Å². The van der Waals surface area contributed by atoms with E-state index in [0.717, 1.165) is 25.3 Å². The molecule has 0 spiro atoms. The summed E-state index contributed by atoms with van der Waals surface area (Å²) in [6, 6.07) is 11.0. The summed E-state index contributed by atoms with van der Waals surface area (Å²) in [5, 5.41) is 3.35. The Morgan fingerprint density at radius 3 is 3.00 bits per heavy atom. The van der Waals surface area contributed by atoms with E-state index in [1.54, 1.807) is 0 Å². The van der Waals surface area contributed by atoms with Crippen LogP contribution in [-0.2, 0) is 6.54 Å². The first kappa shape index (κ1) is 13.3. The predicted molar refractivity (Wildman–Crippen MR) is 81.2 cm³/mol. The SMILES string of the molecule is CCC(NC)c1ccn(CC2COc3ccccc32)c1. The first-order valence-electron chi connectivity index (χ1n) is 7.36. The van der Waals surface area contributed by atoms with E-state index in [9.17, 15) is 0 Å². The highest BCUT2D eigenvalue weighted by molar-refractivity contribution is 5.39. The van der Waals surface area contributed by atoms with Crippen molar-refractivity contribution in [3.63, 3.8) is 0 Å². The highest BCUT2D eigenvalue weighted by Gasteiger charge is 2.23. The molecule has 3 rings (SSSR count). The van der Waals surface area contributed by atoms with Crippen LogP contribution in [0, 0.1) is 0 Å². The zero-order valence-electron chi connectivity index (χ0n) is 12.2. The molecule has 0 saturated heterocycles. The molecule has 1 aromatic heterocycles. The molecule has 0 amide bonds. The second-order valence-electron chi connectivity index (χ2n) is 5.44. The number of para-hydroxylation sites is 1. The minimum absolute atomic E-state index is 0.448. The smallest absolute Gasteiger partial charge is 0.122 e. The van der Waals surface area contributed by atoms with Gasteiger partial charge in [-0.05, 0) is 31.2 Å². The van der Waals surface area contributed by atoms with E-state index in [1.807, 2.05) is 13.1 Å². The average Bonchev–Trinajstić information content (AvgIpc) is 3.09. The Morgan fingerprint density at radius 1 is 1.35 bits per heavy atom. The lowest BCUT2D eigenvalue weighted by molar-refractivity contribution is 0.319. The minimum Gasteiger partial charge on any atom is -0.493 e. The van der Waals surface area contributed by atoms with E-state index in [0.29, 0.717) is 12.0 Å². The fraction of sp³-hybridized carbons (Fsp3) is 0.412. The molecule has 1 aromatic carbocycles. The third kappa shape index (κ3) is 2.46. The van der Waals surface area contributed by atoms with Gasteiger partial charge in [0.25, 0.3) is 0 Å². The van der Waals surface area contributed by atoms with E-state index >= 15 is 0 Å². The number of aromatic nitrogens is 1. The fourth-order valence-corrected chi connectivity index (χ4v) is 3.02. The van der Waals surface area contributed by atoms with Gasteiger partial charge in [0.2, 0.25) is 0 Å². The summed E-state index contributed by atoms with van der Waals surface area (Å²) in [7, 11) is 2.02. The number of ether oxygens (including phenoxy) is 1. The number of rotatable bonds is 5. The number of fused-ring (bicyclic) bond motifs is 1. The molecule has 0 radical (unpaired) electrons. The largest absolute Gasteiger partial charge is 0.493 e. The number of hydrogen-bond acceptors (Lipinski definition) is 2. The molecule has 2 heterocycles. The molecule has 0 fully saturated rings. The van der Waals surface area contributed by atoms with E-state index in [2.05, 4.69) is 53.5 Å². The number of nitrogens with zero attached hydrogens (tertiary/aromatic N) is 1. The molecule has 0 aliphatic carbocycles.